The summed E-state index contributed by atoms with van der Waals surface area (Å²) < 4.78 is 0. The molecule has 1 heteroatoms. The summed E-state index contributed by atoms with van der Waals surface area (Å²) in [5, 5.41) is 10.2. The van der Waals surface area contributed by atoms with Gasteiger partial charge in [-0.15, -0.1) is 0 Å². The Kier molecular flexibility index (Phi) is 3.98. The molecule has 13 heavy (non-hydrogen) atoms. The Hall–Kier alpha value is -0.300. The normalized spacial score (nSPS) is 28.3. The number of allylic oxidation sites excluding steroid dienone is 1. The van der Waals surface area contributed by atoms with Gasteiger partial charge in [0.2, 0.25) is 0 Å². The molecule has 1 aliphatic carbocycles. The second kappa shape index (κ2) is 4.80. The molecule has 0 heterocycles. The van der Waals surface area contributed by atoms with Crippen molar-refractivity contribution in [3.8, 4) is 0 Å². The van der Waals surface area contributed by atoms with Crippen LogP contribution < -0.4 is 0 Å². The predicted molar refractivity (Wildman–Crippen MR) is 56.6 cm³/mol. The molecule has 0 fully saturated rings. The average molecular weight is 182 g/mol. The highest BCUT2D eigenvalue weighted by Gasteiger charge is 2.27. The van der Waals surface area contributed by atoms with E-state index >= 15 is 0 Å². The van der Waals surface area contributed by atoms with Crippen LogP contribution in [-0.4, -0.2) is 10.7 Å². The van der Waals surface area contributed by atoms with Gasteiger partial charge in [-0.1, -0.05) is 38.8 Å². The van der Waals surface area contributed by atoms with Crippen molar-refractivity contribution >= 4 is 0 Å². The maximum absolute atomic E-state index is 10.2. The molecule has 1 unspecified atom stereocenters. The molecule has 0 bridgehead atoms. The first-order valence-corrected chi connectivity index (χ1v) is 5.60. The smallest absolute Gasteiger partial charge is 0.0830 e. The van der Waals surface area contributed by atoms with Crippen LogP contribution in [-0.2, 0) is 0 Å². The van der Waals surface area contributed by atoms with Crippen molar-refractivity contribution < 1.29 is 5.11 Å². The van der Waals surface area contributed by atoms with E-state index in [1.807, 2.05) is 6.08 Å². The second-order valence-electron chi connectivity index (χ2n) is 4.28. The largest absolute Gasteiger partial charge is 0.386 e. The van der Waals surface area contributed by atoms with Crippen molar-refractivity contribution in [2.45, 2.75) is 58.0 Å². The Morgan fingerprint density at radius 3 is 2.54 bits per heavy atom. The van der Waals surface area contributed by atoms with Crippen LogP contribution in [0.1, 0.15) is 52.4 Å². The van der Waals surface area contributed by atoms with Gasteiger partial charge in [-0.2, -0.15) is 0 Å². The fourth-order valence-electron chi connectivity index (χ4n) is 2.16. The highest BCUT2D eigenvalue weighted by molar-refractivity contribution is 5.05. The molecule has 1 rings (SSSR count). The highest BCUT2D eigenvalue weighted by atomic mass is 16.3. The number of rotatable bonds is 4. The van der Waals surface area contributed by atoms with E-state index < -0.39 is 5.60 Å². The first kappa shape index (κ1) is 10.8. The lowest BCUT2D eigenvalue weighted by Crippen LogP contribution is -2.30. The van der Waals surface area contributed by atoms with Crippen LogP contribution in [0.25, 0.3) is 0 Å². The summed E-state index contributed by atoms with van der Waals surface area (Å²) in [6, 6.07) is 0. The highest BCUT2D eigenvalue weighted by Crippen LogP contribution is 2.30. The zero-order valence-electron chi connectivity index (χ0n) is 8.92. The summed E-state index contributed by atoms with van der Waals surface area (Å²) in [4.78, 5) is 0. The lowest BCUT2D eigenvalue weighted by molar-refractivity contribution is 0.0467. The van der Waals surface area contributed by atoms with Crippen molar-refractivity contribution in [1.29, 1.82) is 0 Å². The minimum absolute atomic E-state index is 0.477. The monoisotopic (exact) mass is 182 g/mol. The van der Waals surface area contributed by atoms with Gasteiger partial charge in [0.25, 0.3) is 0 Å². The van der Waals surface area contributed by atoms with Gasteiger partial charge in [-0.05, 0) is 31.6 Å². The van der Waals surface area contributed by atoms with Crippen molar-refractivity contribution in [3.05, 3.63) is 12.2 Å². The number of hydrogen-bond acceptors (Lipinski definition) is 1. The van der Waals surface area contributed by atoms with E-state index in [0.29, 0.717) is 5.92 Å². The predicted octanol–water partition coefficient (Wildman–Crippen LogP) is 3.28. The summed E-state index contributed by atoms with van der Waals surface area (Å²) in [5.74, 6) is 0.688. The van der Waals surface area contributed by atoms with Crippen LogP contribution in [0.15, 0.2) is 12.2 Å². The molecule has 0 amide bonds. The molecule has 0 aromatic rings. The molecule has 0 saturated carbocycles. The molecule has 1 aliphatic rings. The Balaban J connectivity index is 2.49. The zero-order chi connectivity index (χ0) is 9.73. The summed E-state index contributed by atoms with van der Waals surface area (Å²) >= 11 is 0. The molecule has 76 valence electrons. The SMILES string of the molecule is CCC(CC)CC1(O)C=CCCC1. The third-order valence-corrected chi connectivity index (χ3v) is 3.21. The summed E-state index contributed by atoms with van der Waals surface area (Å²) in [6.45, 7) is 4.42. The van der Waals surface area contributed by atoms with Gasteiger partial charge in [0, 0.05) is 0 Å². The quantitative estimate of drug-likeness (QED) is 0.661. The van der Waals surface area contributed by atoms with Gasteiger partial charge in [0.05, 0.1) is 5.60 Å². The van der Waals surface area contributed by atoms with Gasteiger partial charge in [0.1, 0.15) is 0 Å². The molecule has 0 radical (unpaired) electrons. The first-order chi connectivity index (χ1) is 6.20. The molecule has 0 spiro atoms. The van der Waals surface area contributed by atoms with Crippen LogP contribution in [0.5, 0.6) is 0 Å². The standard InChI is InChI=1S/C12H22O/c1-3-11(4-2)10-12(13)8-6-5-7-9-12/h6,8,11,13H,3-5,7,9-10H2,1-2H3. The second-order valence-corrected chi connectivity index (χ2v) is 4.28. The van der Waals surface area contributed by atoms with E-state index in [4.69, 9.17) is 0 Å². The summed E-state index contributed by atoms with van der Waals surface area (Å²) in [6.07, 6.45) is 10.7. The molecule has 1 nitrogen and oxygen atoms in total. The van der Waals surface area contributed by atoms with Crippen molar-refractivity contribution in [3.63, 3.8) is 0 Å². The van der Waals surface area contributed by atoms with Crippen molar-refractivity contribution in [2.75, 3.05) is 0 Å². The van der Waals surface area contributed by atoms with Crippen LogP contribution in [0.3, 0.4) is 0 Å². The van der Waals surface area contributed by atoms with E-state index in [-0.39, 0.29) is 0 Å². The molecular weight excluding hydrogens is 160 g/mol. The van der Waals surface area contributed by atoms with Crippen LogP contribution in [0.2, 0.25) is 0 Å². The van der Waals surface area contributed by atoms with Gasteiger partial charge in [-0.3, -0.25) is 0 Å². The maximum atomic E-state index is 10.2. The third-order valence-electron chi connectivity index (χ3n) is 3.21. The third kappa shape index (κ3) is 3.15. The van der Waals surface area contributed by atoms with E-state index in [1.165, 1.54) is 12.8 Å². The van der Waals surface area contributed by atoms with Gasteiger partial charge in [0.15, 0.2) is 0 Å². The van der Waals surface area contributed by atoms with E-state index in [0.717, 1.165) is 25.7 Å². The minimum Gasteiger partial charge on any atom is -0.386 e. The maximum Gasteiger partial charge on any atom is 0.0830 e. The molecule has 0 saturated heterocycles. The Morgan fingerprint density at radius 2 is 2.08 bits per heavy atom. The van der Waals surface area contributed by atoms with Crippen molar-refractivity contribution in [2.24, 2.45) is 5.92 Å². The number of aliphatic hydroxyl groups is 1. The van der Waals surface area contributed by atoms with Crippen molar-refractivity contribution in [1.82, 2.24) is 0 Å². The molecule has 1 N–H and O–H groups in total. The minimum atomic E-state index is -0.477. The Morgan fingerprint density at radius 1 is 1.38 bits per heavy atom. The van der Waals surface area contributed by atoms with Gasteiger partial charge < -0.3 is 5.11 Å². The van der Waals surface area contributed by atoms with E-state index in [1.54, 1.807) is 0 Å². The number of hydrogen-bond donors (Lipinski definition) is 1. The fraction of sp³-hybridized carbons (Fsp3) is 0.833. The molecular formula is C12H22O. The first-order valence-electron chi connectivity index (χ1n) is 5.60. The zero-order valence-corrected chi connectivity index (χ0v) is 8.92. The fourth-order valence-corrected chi connectivity index (χ4v) is 2.16. The summed E-state index contributed by atoms with van der Waals surface area (Å²) in [7, 11) is 0. The lowest BCUT2D eigenvalue weighted by atomic mass is 9.81. The van der Waals surface area contributed by atoms with Crippen LogP contribution in [0.4, 0.5) is 0 Å². The Bertz CT molecular complexity index is 170. The van der Waals surface area contributed by atoms with Gasteiger partial charge in [-0.25, -0.2) is 0 Å². The van der Waals surface area contributed by atoms with Crippen LogP contribution >= 0.6 is 0 Å². The molecule has 0 aromatic heterocycles. The lowest BCUT2D eigenvalue weighted by Gasteiger charge is -2.30. The van der Waals surface area contributed by atoms with Crippen LogP contribution in [0, 0.1) is 5.92 Å². The Labute approximate surface area is 81.9 Å². The summed E-state index contributed by atoms with van der Waals surface area (Å²) in [5.41, 5.74) is -0.477. The topological polar surface area (TPSA) is 20.2 Å². The van der Waals surface area contributed by atoms with E-state index in [2.05, 4.69) is 19.9 Å². The molecule has 0 aliphatic heterocycles. The van der Waals surface area contributed by atoms with E-state index in [9.17, 15) is 5.11 Å². The average Bonchev–Trinajstić information content (AvgIpc) is 2.15. The molecule has 1 atom stereocenters. The van der Waals surface area contributed by atoms with Gasteiger partial charge >= 0.3 is 0 Å². The molecule has 0 aromatic carbocycles.